The lowest BCUT2D eigenvalue weighted by Crippen LogP contribution is -2.12. The zero-order chi connectivity index (χ0) is 5.98. The van der Waals surface area contributed by atoms with Gasteiger partial charge in [-0.2, -0.15) is 0 Å². The fraction of sp³-hybridized carbons (Fsp3) is 0.500. The van der Waals surface area contributed by atoms with E-state index in [4.69, 9.17) is 0 Å². The minimum Gasteiger partial charge on any atom is -0.103 e. The normalized spacial score (nSPS) is 20.2. The molecule has 1 fully saturated rings. The van der Waals surface area contributed by atoms with Crippen LogP contribution in [0.3, 0.4) is 0 Å². The van der Waals surface area contributed by atoms with Crippen molar-refractivity contribution in [2.75, 3.05) is 0 Å². The Bertz CT molecular complexity index is 100. The van der Waals surface area contributed by atoms with Crippen molar-refractivity contribution in [2.24, 2.45) is 5.92 Å². The van der Waals surface area contributed by atoms with Crippen LogP contribution in [-0.4, -0.2) is 0 Å². The first-order valence-electron chi connectivity index (χ1n) is 3.10. The third kappa shape index (κ3) is 1.00. The fourth-order valence-electron chi connectivity index (χ4n) is 1.16. The lowest BCUT2D eigenvalue weighted by Gasteiger charge is -2.26. The molecule has 0 saturated heterocycles. The van der Waals surface area contributed by atoms with E-state index in [9.17, 15) is 0 Å². The minimum atomic E-state index is 0.889. The summed E-state index contributed by atoms with van der Waals surface area (Å²) in [5, 5.41) is 0. The van der Waals surface area contributed by atoms with E-state index < -0.39 is 0 Å². The summed E-state index contributed by atoms with van der Waals surface area (Å²) in [4.78, 5) is 0. The maximum atomic E-state index is 3.86. The molecule has 0 atom stereocenters. The van der Waals surface area contributed by atoms with E-state index in [2.05, 4.69) is 13.2 Å². The molecule has 0 aromatic heterocycles. The highest BCUT2D eigenvalue weighted by atomic mass is 14.2. The number of hydrogen-bond acceptors (Lipinski definition) is 0. The zero-order valence-electron chi connectivity index (χ0n) is 5.19. The van der Waals surface area contributed by atoms with Crippen LogP contribution in [0.1, 0.15) is 19.3 Å². The molecule has 1 rings (SSSR count). The third-order valence-corrected chi connectivity index (χ3v) is 1.65. The Labute approximate surface area is 50.9 Å². The third-order valence-electron chi connectivity index (χ3n) is 1.65. The molecule has 44 valence electrons. The van der Waals surface area contributed by atoms with Crippen LogP contribution in [0.15, 0.2) is 24.8 Å². The van der Waals surface area contributed by atoms with Gasteiger partial charge in [0.25, 0.3) is 0 Å². The first-order chi connectivity index (χ1) is 3.83. The van der Waals surface area contributed by atoms with Crippen LogP contribution in [0, 0.1) is 5.92 Å². The van der Waals surface area contributed by atoms with Crippen LogP contribution in [0.4, 0.5) is 0 Å². The summed E-state index contributed by atoms with van der Waals surface area (Å²) in [6, 6.07) is 0. The maximum absolute atomic E-state index is 3.86. The van der Waals surface area contributed by atoms with E-state index in [1.807, 2.05) is 6.08 Å². The summed E-state index contributed by atoms with van der Waals surface area (Å²) in [5.74, 6) is 0.889. The molecule has 0 unspecified atom stereocenters. The predicted octanol–water partition coefficient (Wildman–Crippen LogP) is 2.53. The topological polar surface area (TPSA) is 0 Å². The molecule has 0 nitrogen and oxygen atoms in total. The Hall–Kier alpha value is -0.520. The molecule has 0 aromatic rings. The van der Waals surface area contributed by atoms with Gasteiger partial charge in [0.2, 0.25) is 0 Å². The molecule has 0 heteroatoms. The van der Waals surface area contributed by atoms with E-state index in [1.54, 1.807) is 0 Å². The van der Waals surface area contributed by atoms with Gasteiger partial charge in [-0.15, -0.1) is 6.58 Å². The predicted molar refractivity (Wildman–Crippen MR) is 36.7 cm³/mol. The van der Waals surface area contributed by atoms with E-state index in [0.717, 1.165) is 5.92 Å². The van der Waals surface area contributed by atoms with Crippen LogP contribution >= 0.6 is 0 Å². The SMILES string of the molecule is C=CCC1CC(=C)C1. The average molecular weight is 108 g/mol. The Morgan fingerprint density at radius 2 is 2.25 bits per heavy atom. The second kappa shape index (κ2) is 2.17. The molecule has 1 saturated carbocycles. The van der Waals surface area contributed by atoms with Crippen LogP contribution in [0.2, 0.25) is 0 Å². The molecule has 1 aliphatic carbocycles. The van der Waals surface area contributed by atoms with Gasteiger partial charge in [0.05, 0.1) is 0 Å². The smallest absolute Gasteiger partial charge is 0.0288 e. The van der Waals surface area contributed by atoms with Gasteiger partial charge >= 0.3 is 0 Å². The summed E-state index contributed by atoms with van der Waals surface area (Å²) in [6.45, 7) is 7.54. The van der Waals surface area contributed by atoms with Gasteiger partial charge in [-0.1, -0.05) is 18.2 Å². The van der Waals surface area contributed by atoms with Gasteiger partial charge < -0.3 is 0 Å². The molecule has 0 radical (unpaired) electrons. The van der Waals surface area contributed by atoms with Crippen molar-refractivity contribution in [1.29, 1.82) is 0 Å². The van der Waals surface area contributed by atoms with Crippen molar-refractivity contribution in [3.05, 3.63) is 24.8 Å². The number of allylic oxidation sites excluding steroid dienone is 2. The minimum absolute atomic E-state index is 0.889. The zero-order valence-corrected chi connectivity index (χ0v) is 5.19. The molecular formula is C8H12. The molecular weight excluding hydrogens is 96.1 g/mol. The highest BCUT2D eigenvalue weighted by Crippen LogP contribution is 2.33. The summed E-state index contributed by atoms with van der Waals surface area (Å²) in [5.41, 5.74) is 1.41. The Morgan fingerprint density at radius 1 is 1.62 bits per heavy atom. The Morgan fingerprint density at radius 3 is 2.62 bits per heavy atom. The van der Waals surface area contributed by atoms with Gasteiger partial charge in [-0.25, -0.2) is 0 Å². The number of hydrogen-bond donors (Lipinski definition) is 0. The second-order valence-electron chi connectivity index (χ2n) is 2.55. The largest absolute Gasteiger partial charge is 0.103 e. The molecule has 1 aliphatic rings. The standard InChI is InChI=1S/C8H12/c1-3-4-8-5-7(2)6-8/h3,8H,1-2,4-6H2. The molecule has 8 heavy (non-hydrogen) atoms. The van der Waals surface area contributed by atoms with Gasteiger partial charge in [0, 0.05) is 0 Å². The van der Waals surface area contributed by atoms with Crippen molar-refractivity contribution in [3.63, 3.8) is 0 Å². The second-order valence-corrected chi connectivity index (χ2v) is 2.55. The van der Waals surface area contributed by atoms with Gasteiger partial charge in [0.15, 0.2) is 0 Å². The summed E-state index contributed by atoms with van der Waals surface area (Å²) >= 11 is 0. The van der Waals surface area contributed by atoms with E-state index in [-0.39, 0.29) is 0 Å². The monoisotopic (exact) mass is 108 g/mol. The molecule has 0 spiro atoms. The summed E-state index contributed by atoms with van der Waals surface area (Å²) in [7, 11) is 0. The van der Waals surface area contributed by atoms with Gasteiger partial charge in [-0.3, -0.25) is 0 Å². The van der Waals surface area contributed by atoms with Crippen molar-refractivity contribution in [1.82, 2.24) is 0 Å². The van der Waals surface area contributed by atoms with E-state index >= 15 is 0 Å². The molecule has 0 aromatic carbocycles. The highest BCUT2D eigenvalue weighted by Gasteiger charge is 2.18. The first kappa shape index (κ1) is 5.61. The van der Waals surface area contributed by atoms with Gasteiger partial charge in [0.1, 0.15) is 0 Å². The van der Waals surface area contributed by atoms with Crippen molar-refractivity contribution in [3.8, 4) is 0 Å². The number of rotatable bonds is 2. The van der Waals surface area contributed by atoms with E-state index in [0.29, 0.717) is 0 Å². The first-order valence-corrected chi connectivity index (χ1v) is 3.10. The van der Waals surface area contributed by atoms with Crippen LogP contribution in [0.5, 0.6) is 0 Å². The van der Waals surface area contributed by atoms with E-state index in [1.165, 1.54) is 24.8 Å². The molecule has 0 heterocycles. The molecule has 0 aliphatic heterocycles. The fourth-order valence-corrected chi connectivity index (χ4v) is 1.16. The molecule has 0 N–H and O–H groups in total. The molecule has 0 bridgehead atoms. The van der Waals surface area contributed by atoms with Crippen molar-refractivity contribution >= 4 is 0 Å². The van der Waals surface area contributed by atoms with Crippen molar-refractivity contribution < 1.29 is 0 Å². The quantitative estimate of drug-likeness (QED) is 0.477. The highest BCUT2D eigenvalue weighted by molar-refractivity contribution is 5.08. The van der Waals surface area contributed by atoms with Crippen molar-refractivity contribution in [2.45, 2.75) is 19.3 Å². The maximum Gasteiger partial charge on any atom is -0.0288 e. The lowest BCUT2D eigenvalue weighted by atomic mass is 9.79. The Balaban J connectivity index is 2.15. The van der Waals surface area contributed by atoms with Crippen LogP contribution < -0.4 is 0 Å². The van der Waals surface area contributed by atoms with Crippen LogP contribution in [-0.2, 0) is 0 Å². The summed E-state index contributed by atoms with van der Waals surface area (Å²) < 4.78 is 0. The van der Waals surface area contributed by atoms with Gasteiger partial charge in [-0.05, 0) is 25.2 Å². The average Bonchev–Trinajstić information content (AvgIpc) is 1.64. The molecule has 0 amide bonds. The summed E-state index contributed by atoms with van der Waals surface area (Å²) in [6.07, 6.45) is 5.66. The van der Waals surface area contributed by atoms with Crippen LogP contribution in [0.25, 0.3) is 0 Å². The lowest BCUT2D eigenvalue weighted by molar-refractivity contribution is 0.425. The Kier molecular flexibility index (Phi) is 1.52.